The molecule has 0 spiro atoms. The van der Waals surface area contributed by atoms with Crippen LogP contribution in [0.5, 0.6) is 0 Å². The Morgan fingerprint density at radius 2 is 2.00 bits per heavy atom. The molecule has 0 radical (unpaired) electrons. The van der Waals surface area contributed by atoms with Crippen molar-refractivity contribution in [1.29, 1.82) is 0 Å². The summed E-state index contributed by atoms with van der Waals surface area (Å²) < 4.78 is 0. The standard InChI is InChI=1S/C14H27N3O/c1-10(2)15-13-7-8-17(14(13)18)9-11(3)16(4)12-5-6-12/h10-13,15H,5-9H2,1-4H3. The van der Waals surface area contributed by atoms with Crippen molar-refractivity contribution in [3.63, 3.8) is 0 Å². The van der Waals surface area contributed by atoms with Crippen molar-refractivity contribution in [3.8, 4) is 0 Å². The second-order valence-corrected chi connectivity index (χ2v) is 6.19. The lowest BCUT2D eigenvalue weighted by molar-refractivity contribution is -0.130. The van der Waals surface area contributed by atoms with Crippen LogP contribution in [0, 0.1) is 0 Å². The van der Waals surface area contributed by atoms with Gasteiger partial charge < -0.3 is 10.2 Å². The Hall–Kier alpha value is -0.610. The van der Waals surface area contributed by atoms with E-state index in [1.807, 2.05) is 4.90 Å². The van der Waals surface area contributed by atoms with Crippen molar-refractivity contribution in [2.75, 3.05) is 20.1 Å². The summed E-state index contributed by atoms with van der Waals surface area (Å²) in [5.41, 5.74) is 0. The third-order valence-electron chi connectivity index (χ3n) is 4.13. The van der Waals surface area contributed by atoms with Gasteiger partial charge in [0, 0.05) is 31.2 Å². The molecule has 2 aliphatic rings. The Morgan fingerprint density at radius 3 is 2.56 bits per heavy atom. The highest BCUT2D eigenvalue weighted by Crippen LogP contribution is 2.27. The van der Waals surface area contributed by atoms with E-state index in [9.17, 15) is 4.79 Å². The van der Waals surface area contributed by atoms with E-state index in [1.165, 1.54) is 12.8 Å². The molecule has 0 aromatic rings. The highest BCUT2D eigenvalue weighted by Gasteiger charge is 2.35. The minimum Gasteiger partial charge on any atom is -0.340 e. The lowest BCUT2D eigenvalue weighted by Gasteiger charge is -2.29. The number of rotatable bonds is 6. The summed E-state index contributed by atoms with van der Waals surface area (Å²) >= 11 is 0. The molecule has 2 fully saturated rings. The molecule has 2 unspecified atom stereocenters. The van der Waals surface area contributed by atoms with Crippen molar-refractivity contribution in [2.24, 2.45) is 0 Å². The van der Waals surface area contributed by atoms with Crippen molar-refractivity contribution < 1.29 is 4.79 Å². The molecule has 2 rings (SSSR count). The molecule has 1 heterocycles. The molecule has 4 heteroatoms. The van der Waals surface area contributed by atoms with Crippen LogP contribution in [0.1, 0.15) is 40.0 Å². The average Bonchev–Trinajstić information content (AvgIpc) is 3.09. The zero-order valence-electron chi connectivity index (χ0n) is 12.1. The van der Waals surface area contributed by atoms with Crippen LogP contribution < -0.4 is 5.32 Å². The van der Waals surface area contributed by atoms with E-state index in [0.29, 0.717) is 18.0 Å². The Kier molecular flexibility index (Phi) is 4.28. The molecule has 4 nitrogen and oxygen atoms in total. The van der Waals surface area contributed by atoms with E-state index < -0.39 is 0 Å². The van der Waals surface area contributed by atoms with Crippen molar-refractivity contribution >= 4 is 5.91 Å². The highest BCUT2D eigenvalue weighted by molar-refractivity contribution is 5.84. The van der Waals surface area contributed by atoms with Crippen LogP contribution in [0.15, 0.2) is 0 Å². The third kappa shape index (κ3) is 3.23. The van der Waals surface area contributed by atoms with Gasteiger partial charge in [-0.05, 0) is 33.2 Å². The molecule has 2 atom stereocenters. The number of carbonyl (C=O) groups is 1. The maximum Gasteiger partial charge on any atom is 0.239 e. The first-order chi connectivity index (χ1) is 8.49. The van der Waals surface area contributed by atoms with Crippen LogP contribution in [0.25, 0.3) is 0 Å². The van der Waals surface area contributed by atoms with Gasteiger partial charge in [0.15, 0.2) is 0 Å². The molecule has 0 aromatic carbocycles. The number of likely N-dealkylation sites (tertiary alicyclic amines) is 1. The van der Waals surface area contributed by atoms with Gasteiger partial charge in [-0.15, -0.1) is 0 Å². The summed E-state index contributed by atoms with van der Waals surface area (Å²) in [5, 5.41) is 3.35. The van der Waals surface area contributed by atoms with Gasteiger partial charge >= 0.3 is 0 Å². The van der Waals surface area contributed by atoms with Gasteiger partial charge in [-0.3, -0.25) is 9.69 Å². The van der Waals surface area contributed by atoms with Gasteiger partial charge in [-0.2, -0.15) is 0 Å². The number of carbonyl (C=O) groups excluding carboxylic acids is 1. The Bertz CT molecular complexity index is 301. The van der Waals surface area contributed by atoms with Gasteiger partial charge in [-0.1, -0.05) is 13.8 Å². The predicted octanol–water partition coefficient (Wildman–Crippen LogP) is 1.07. The quantitative estimate of drug-likeness (QED) is 0.769. The van der Waals surface area contributed by atoms with Gasteiger partial charge in [0.2, 0.25) is 5.91 Å². The molecule has 1 saturated carbocycles. The number of hydrogen-bond donors (Lipinski definition) is 1. The third-order valence-corrected chi connectivity index (χ3v) is 4.13. The van der Waals surface area contributed by atoms with Crippen molar-refractivity contribution in [3.05, 3.63) is 0 Å². The second-order valence-electron chi connectivity index (χ2n) is 6.19. The lowest BCUT2D eigenvalue weighted by atomic mass is 10.2. The second kappa shape index (κ2) is 5.57. The first kappa shape index (κ1) is 13.8. The van der Waals surface area contributed by atoms with E-state index in [4.69, 9.17) is 0 Å². The smallest absolute Gasteiger partial charge is 0.239 e. The molecule has 0 aromatic heterocycles. The SMILES string of the molecule is CC(C)NC1CCN(CC(C)N(C)C2CC2)C1=O. The summed E-state index contributed by atoms with van der Waals surface area (Å²) in [4.78, 5) is 16.7. The number of likely N-dealkylation sites (N-methyl/N-ethyl adjacent to an activating group) is 1. The zero-order chi connectivity index (χ0) is 13.3. The van der Waals surface area contributed by atoms with Gasteiger partial charge in [0.05, 0.1) is 6.04 Å². The lowest BCUT2D eigenvalue weighted by Crippen LogP contribution is -2.46. The molecule has 104 valence electrons. The van der Waals surface area contributed by atoms with Gasteiger partial charge in [0.25, 0.3) is 0 Å². The van der Waals surface area contributed by atoms with E-state index in [-0.39, 0.29) is 6.04 Å². The fourth-order valence-corrected chi connectivity index (χ4v) is 2.77. The molecule has 18 heavy (non-hydrogen) atoms. The average molecular weight is 253 g/mol. The molecule has 1 aliphatic carbocycles. The summed E-state index contributed by atoms with van der Waals surface area (Å²) in [6.07, 6.45) is 3.61. The minimum atomic E-state index is 0.0448. The van der Waals surface area contributed by atoms with Gasteiger partial charge in [0.1, 0.15) is 0 Å². The van der Waals surface area contributed by atoms with E-state index >= 15 is 0 Å². The van der Waals surface area contributed by atoms with E-state index in [0.717, 1.165) is 25.6 Å². The first-order valence-electron chi connectivity index (χ1n) is 7.25. The summed E-state index contributed by atoms with van der Waals surface area (Å²) in [5.74, 6) is 0.291. The van der Waals surface area contributed by atoms with Crippen LogP contribution in [0.3, 0.4) is 0 Å². The highest BCUT2D eigenvalue weighted by atomic mass is 16.2. The van der Waals surface area contributed by atoms with Crippen LogP contribution in [0.2, 0.25) is 0 Å². The molecular formula is C14H27N3O. The van der Waals surface area contributed by atoms with Crippen LogP contribution in [-0.4, -0.2) is 60.0 Å². The topological polar surface area (TPSA) is 35.6 Å². The number of nitrogens with one attached hydrogen (secondary N) is 1. The Balaban J connectivity index is 1.81. The predicted molar refractivity (Wildman–Crippen MR) is 73.5 cm³/mol. The molecular weight excluding hydrogens is 226 g/mol. The zero-order valence-corrected chi connectivity index (χ0v) is 12.1. The maximum atomic E-state index is 12.2. The van der Waals surface area contributed by atoms with Crippen LogP contribution >= 0.6 is 0 Å². The van der Waals surface area contributed by atoms with Crippen molar-refractivity contribution in [1.82, 2.24) is 15.1 Å². The van der Waals surface area contributed by atoms with Gasteiger partial charge in [-0.25, -0.2) is 0 Å². The normalized spacial score (nSPS) is 26.4. The minimum absolute atomic E-state index is 0.0448. The van der Waals surface area contributed by atoms with Crippen molar-refractivity contribution in [2.45, 2.75) is 64.2 Å². The van der Waals surface area contributed by atoms with E-state index in [1.54, 1.807) is 0 Å². The molecule has 1 amide bonds. The monoisotopic (exact) mass is 253 g/mol. The summed E-state index contributed by atoms with van der Waals surface area (Å²) in [7, 11) is 2.19. The Labute approximate surface area is 111 Å². The largest absolute Gasteiger partial charge is 0.340 e. The molecule has 0 bridgehead atoms. The maximum absolute atomic E-state index is 12.2. The number of hydrogen-bond acceptors (Lipinski definition) is 3. The summed E-state index contributed by atoms with van der Waals surface area (Å²) in [6, 6.07) is 1.66. The number of amides is 1. The molecule has 1 N–H and O–H groups in total. The van der Waals surface area contributed by atoms with E-state index in [2.05, 4.69) is 38.0 Å². The Morgan fingerprint density at radius 1 is 1.33 bits per heavy atom. The first-order valence-corrected chi connectivity index (χ1v) is 7.25. The summed E-state index contributed by atoms with van der Waals surface area (Å²) in [6.45, 7) is 8.21. The molecule has 1 aliphatic heterocycles. The van der Waals surface area contributed by atoms with Crippen LogP contribution in [0.4, 0.5) is 0 Å². The fourth-order valence-electron chi connectivity index (χ4n) is 2.77. The molecule has 1 saturated heterocycles. The number of nitrogens with zero attached hydrogens (tertiary/aromatic N) is 2. The fraction of sp³-hybridized carbons (Fsp3) is 0.929. The van der Waals surface area contributed by atoms with Crippen LogP contribution in [-0.2, 0) is 4.79 Å².